The van der Waals surface area contributed by atoms with E-state index in [0.717, 1.165) is 28.2 Å². The molecule has 0 heterocycles. The topological polar surface area (TPSA) is 78.8 Å². The van der Waals surface area contributed by atoms with E-state index < -0.39 is 34.2 Å². The monoisotopic (exact) mass is 503 g/mol. The third kappa shape index (κ3) is 6.69. The van der Waals surface area contributed by atoms with Gasteiger partial charge in [-0.3, -0.25) is 9.10 Å². The molecule has 0 bridgehead atoms. The standard InChI is InChI=1S/C25H24F3N3O3S/c1-18(2)20-11-13-22(14-12-20)31(35(33,34)23-9-4-3-5-10-23)17-24(32)30-29-16-19-7-6-8-21(15-19)25(26,27)28/h3-16,18H,17H2,1-2H3,(H,30,32)/b29-16+. The molecule has 0 atom stereocenters. The maximum atomic E-state index is 13.3. The first kappa shape index (κ1) is 26.0. The van der Waals surface area contributed by atoms with Crippen molar-refractivity contribution in [2.45, 2.75) is 30.8 Å². The zero-order chi connectivity index (χ0) is 25.6. The third-order valence-electron chi connectivity index (χ3n) is 5.08. The lowest BCUT2D eigenvalue weighted by molar-refractivity contribution is -0.137. The van der Waals surface area contributed by atoms with Crippen LogP contribution in [0.2, 0.25) is 0 Å². The number of hydrogen-bond acceptors (Lipinski definition) is 4. The van der Waals surface area contributed by atoms with Gasteiger partial charge in [0.25, 0.3) is 15.9 Å². The number of alkyl halides is 3. The van der Waals surface area contributed by atoms with E-state index in [0.29, 0.717) is 0 Å². The molecule has 10 heteroatoms. The molecular weight excluding hydrogens is 479 g/mol. The fourth-order valence-electron chi connectivity index (χ4n) is 3.20. The van der Waals surface area contributed by atoms with E-state index in [1.807, 2.05) is 13.8 Å². The number of anilines is 1. The average molecular weight is 504 g/mol. The molecule has 0 spiro atoms. The van der Waals surface area contributed by atoms with Crippen LogP contribution in [0.15, 0.2) is 88.9 Å². The number of nitrogens with zero attached hydrogens (tertiary/aromatic N) is 2. The number of halogens is 3. The summed E-state index contributed by atoms with van der Waals surface area (Å²) in [5.74, 6) is -0.530. The molecule has 0 aliphatic rings. The van der Waals surface area contributed by atoms with Crippen LogP contribution >= 0.6 is 0 Å². The Kier molecular flexibility index (Phi) is 7.96. The second kappa shape index (κ2) is 10.7. The summed E-state index contributed by atoms with van der Waals surface area (Å²) in [7, 11) is -4.09. The normalized spacial score (nSPS) is 12.2. The van der Waals surface area contributed by atoms with Crippen molar-refractivity contribution in [1.82, 2.24) is 5.43 Å². The van der Waals surface area contributed by atoms with E-state index >= 15 is 0 Å². The van der Waals surface area contributed by atoms with Crippen LogP contribution in [0.25, 0.3) is 0 Å². The van der Waals surface area contributed by atoms with Crippen molar-refractivity contribution in [1.29, 1.82) is 0 Å². The Labute approximate surface area is 202 Å². The van der Waals surface area contributed by atoms with E-state index in [1.54, 1.807) is 42.5 Å². The van der Waals surface area contributed by atoms with Gasteiger partial charge in [-0.2, -0.15) is 18.3 Å². The number of carbonyl (C=O) groups excluding carboxylic acids is 1. The molecule has 3 rings (SSSR count). The highest BCUT2D eigenvalue weighted by Crippen LogP contribution is 2.29. The van der Waals surface area contributed by atoms with Crippen molar-refractivity contribution in [3.63, 3.8) is 0 Å². The first-order chi connectivity index (χ1) is 16.5. The number of rotatable bonds is 8. The first-order valence-electron chi connectivity index (χ1n) is 10.7. The van der Waals surface area contributed by atoms with Gasteiger partial charge in [0.1, 0.15) is 6.54 Å². The van der Waals surface area contributed by atoms with Gasteiger partial charge in [-0.15, -0.1) is 0 Å². The molecule has 3 aromatic rings. The van der Waals surface area contributed by atoms with E-state index in [1.165, 1.54) is 24.3 Å². The largest absolute Gasteiger partial charge is 0.416 e. The molecule has 1 amide bonds. The van der Waals surface area contributed by atoms with Crippen LogP contribution in [-0.2, 0) is 21.0 Å². The Morgan fingerprint density at radius 1 is 1.00 bits per heavy atom. The molecule has 0 saturated carbocycles. The van der Waals surface area contributed by atoms with Crippen LogP contribution in [0.1, 0.15) is 36.5 Å². The van der Waals surface area contributed by atoms with Gasteiger partial charge >= 0.3 is 6.18 Å². The van der Waals surface area contributed by atoms with Crippen LogP contribution in [0.4, 0.5) is 18.9 Å². The van der Waals surface area contributed by atoms with Crippen LogP contribution in [-0.4, -0.2) is 27.1 Å². The van der Waals surface area contributed by atoms with Gasteiger partial charge in [0.2, 0.25) is 0 Å². The van der Waals surface area contributed by atoms with E-state index in [2.05, 4.69) is 10.5 Å². The molecule has 0 aromatic heterocycles. The van der Waals surface area contributed by atoms with Crippen LogP contribution in [0.3, 0.4) is 0 Å². The zero-order valence-corrected chi connectivity index (χ0v) is 19.8. The predicted octanol–water partition coefficient (Wildman–Crippen LogP) is 5.17. The lowest BCUT2D eigenvalue weighted by atomic mass is 10.0. The first-order valence-corrected chi connectivity index (χ1v) is 12.1. The smallest absolute Gasteiger partial charge is 0.271 e. The van der Waals surface area contributed by atoms with Crippen LogP contribution in [0, 0.1) is 0 Å². The number of hydrogen-bond donors (Lipinski definition) is 1. The third-order valence-corrected chi connectivity index (χ3v) is 6.87. The molecule has 6 nitrogen and oxygen atoms in total. The van der Waals surface area contributed by atoms with E-state index in [9.17, 15) is 26.4 Å². The minimum atomic E-state index is -4.51. The van der Waals surface area contributed by atoms with Gasteiger partial charge in [0.15, 0.2) is 0 Å². The average Bonchev–Trinajstić information content (AvgIpc) is 2.83. The van der Waals surface area contributed by atoms with Gasteiger partial charge in [-0.05, 0) is 53.4 Å². The molecule has 0 unspecified atom stereocenters. The predicted molar refractivity (Wildman–Crippen MR) is 129 cm³/mol. The molecule has 0 aliphatic carbocycles. The fraction of sp³-hybridized carbons (Fsp3) is 0.200. The number of nitrogens with one attached hydrogen (secondary N) is 1. The molecule has 0 radical (unpaired) electrons. The van der Waals surface area contributed by atoms with Gasteiger partial charge < -0.3 is 0 Å². The Balaban J connectivity index is 1.82. The number of carbonyl (C=O) groups is 1. The van der Waals surface area contributed by atoms with Crippen molar-refractivity contribution in [3.05, 3.63) is 95.6 Å². The molecule has 184 valence electrons. The summed E-state index contributed by atoms with van der Waals surface area (Å²) < 4.78 is 66.2. The molecule has 0 fully saturated rings. The minimum absolute atomic E-state index is 0.00760. The summed E-state index contributed by atoms with van der Waals surface area (Å²) in [6.45, 7) is 3.42. The lowest BCUT2D eigenvalue weighted by Gasteiger charge is -2.24. The molecule has 1 N–H and O–H groups in total. The fourth-order valence-corrected chi connectivity index (χ4v) is 4.64. The highest BCUT2D eigenvalue weighted by molar-refractivity contribution is 7.92. The maximum absolute atomic E-state index is 13.3. The maximum Gasteiger partial charge on any atom is 0.416 e. The van der Waals surface area contributed by atoms with Crippen LogP contribution in [0.5, 0.6) is 0 Å². The number of hydrazone groups is 1. The van der Waals surface area contributed by atoms with Gasteiger partial charge in [0, 0.05) is 0 Å². The highest BCUT2D eigenvalue weighted by Gasteiger charge is 2.30. The quantitative estimate of drug-likeness (QED) is 0.340. The molecule has 0 aliphatic heterocycles. The van der Waals surface area contributed by atoms with Crippen molar-refractivity contribution >= 4 is 27.8 Å². The molecular formula is C25H24F3N3O3S. The van der Waals surface area contributed by atoms with E-state index in [-0.39, 0.29) is 22.1 Å². The van der Waals surface area contributed by atoms with Crippen molar-refractivity contribution in [3.8, 4) is 0 Å². The van der Waals surface area contributed by atoms with Crippen LogP contribution < -0.4 is 9.73 Å². The molecule has 3 aromatic carbocycles. The van der Waals surface area contributed by atoms with Gasteiger partial charge in [-0.25, -0.2) is 13.8 Å². The molecule has 35 heavy (non-hydrogen) atoms. The summed E-state index contributed by atoms with van der Waals surface area (Å²) in [6.07, 6.45) is -3.45. The summed E-state index contributed by atoms with van der Waals surface area (Å²) in [4.78, 5) is 12.6. The SMILES string of the molecule is CC(C)c1ccc(N(CC(=O)N/N=C/c2cccc(C(F)(F)F)c2)S(=O)(=O)c2ccccc2)cc1. The van der Waals surface area contributed by atoms with E-state index in [4.69, 9.17) is 0 Å². The Hall–Kier alpha value is -3.66. The van der Waals surface area contributed by atoms with Crippen molar-refractivity contribution < 1.29 is 26.4 Å². The zero-order valence-electron chi connectivity index (χ0n) is 19.0. The molecule has 0 saturated heterocycles. The lowest BCUT2D eigenvalue weighted by Crippen LogP contribution is -2.39. The van der Waals surface area contributed by atoms with Crippen molar-refractivity contribution in [2.75, 3.05) is 10.8 Å². The summed E-state index contributed by atoms with van der Waals surface area (Å²) in [5.41, 5.74) is 2.75. The number of benzene rings is 3. The minimum Gasteiger partial charge on any atom is -0.271 e. The Bertz CT molecular complexity index is 1290. The Morgan fingerprint density at radius 2 is 1.66 bits per heavy atom. The summed E-state index contributed by atoms with van der Waals surface area (Å²) in [5, 5.41) is 3.69. The second-order valence-corrected chi connectivity index (χ2v) is 9.85. The summed E-state index contributed by atoms with van der Waals surface area (Å²) >= 11 is 0. The van der Waals surface area contributed by atoms with Crippen molar-refractivity contribution in [2.24, 2.45) is 5.10 Å². The Morgan fingerprint density at radius 3 is 2.26 bits per heavy atom. The number of sulfonamides is 1. The summed E-state index contributed by atoms with van der Waals surface area (Å²) in [6, 6.07) is 18.9. The van der Waals surface area contributed by atoms with Gasteiger partial charge in [-0.1, -0.05) is 56.3 Å². The highest BCUT2D eigenvalue weighted by atomic mass is 32.2. The number of amides is 1. The van der Waals surface area contributed by atoms with Gasteiger partial charge in [0.05, 0.1) is 22.4 Å². The second-order valence-electron chi connectivity index (χ2n) is 7.99.